The van der Waals surface area contributed by atoms with Crippen LogP contribution in [0.1, 0.15) is 16.7 Å². The van der Waals surface area contributed by atoms with Gasteiger partial charge >= 0.3 is 0 Å². The predicted octanol–water partition coefficient (Wildman–Crippen LogP) is 6.09. The third-order valence-electron chi connectivity index (χ3n) is 4.36. The molecule has 0 unspecified atom stereocenters. The normalized spacial score (nSPS) is 11.0. The number of methoxy groups -OCH3 is 2. The SMILES string of the molecule is COc1ccc(/C(C#N)=C/c2cc(I)c(OCc3cccc(F)c3)c(OC)c2)cc1. The first-order chi connectivity index (χ1) is 14.5. The Morgan fingerprint density at radius 2 is 1.83 bits per heavy atom. The van der Waals surface area contributed by atoms with Gasteiger partial charge in [0.05, 0.1) is 29.4 Å². The van der Waals surface area contributed by atoms with Gasteiger partial charge in [0.25, 0.3) is 0 Å². The van der Waals surface area contributed by atoms with Crippen LogP contribution < -0.4 is 14.2 Å². The molecule has 3 aromatic carbocycles. The molecule has 0 bridgehead atoms. The highest BCUT2D eigenvalue weighted by Gasteiger charge is 2.12. The van der Waals surface area contributed by atoms with E-state index in [1.54, 1.807) is 32.4 Å². The topological polar surface area (TPSA) is 51.5 Å². The van der Waals surface area contributed by atoms with E-state index in [-0.39, 0.29) is 12.4 Å². The standard InChI is InChI=1S/C24H19FINO3/c1-28-21-8-6-18(7-9-21)19(14-27)10-17-12-22(26)24(23(13-17)29-2)30-15-16-4-3-5-20(25)11-16/h3-13H,15H2,1-2H3/b19-10+. The molecule has 6 heteroatoms. The molecule has 3 aromatic rings. The predicted molar refractivity (Wildman–Crippen MR) is 123 cm³/mol. The minimum absolute atomic E-state index is 0.217. The Kier molecular flexibility index (Phi) is 7.31. The summed E-state index contributed by atoms with van der Waals surface area (Å²) in [7, 11) is 3.16. The van der Waals surface area contributed by atoms with Gasteiger partial charge in [-0.25, -0.2) is 4.39 Å². The zero-order valence-corrected chi connectivity index (χ0v) is 18.6. The van der Waals surface area contributed by atoms with E-state index >= 15 is 0 Å². The lowest BCUT2D eigenvalue weighted by Crippen LogP contribution is -2.00. The van der Waals surface area contributed by atoms with Crippen molar-refractivity contribution in [2.24, 2.45) is 0 Å². The van der Waals surface area contributed by atoms with Crippen LogP contribution in [0.3, 0.4) is 0 Å². The number of rotatable bonds is 7. The Morgan fingerprint density at radius 1 is 1.07 bits per heavy atom. The van der Waals surface area contributed by atoms with Gasteiger partial charge in [-0.2, -0.15) is 5.26 Å². The fourth-order valence-electron chi connectivity index (χ4n) is 2.86. The zero-order chi connectivity index (χ0) is 21.5. The average Bonchev–Trinajstić information content (AvgIpc) is 2.76. The minimum Gasteiger partial charge on any atom is -0.497 e. The monoisotopic (exact) mass is 515 g/mol. The Labute approximate surface area is 188 Å². The molecule has 0 radical (unpaired) electrons. The third-order valence-corrected chi connectivity index (χ3v) is 5.16. The van der Waals surface area contributed by atoms with Crippen LogP contribution in [0.5, 0.6) is 17.2 Å². The van der Waals surface area contributed by atoms with Crippen molar-refractivity contribution in [3.63, 3.8) is 0 Å². The number of ether oxygens (including phenoxy) is 3. The van der Waals surface area contributed by atoms with Crippen molar-refractivity contribution in [3.05, 3.63) is 86.7 Å². The van der Waals surface area contributed by atoms with Gasteiger partial charge in [-0.05, 0) is 93.9 Å². The first-order valence-electron chi connectivity index (χ1n) is 9.05. The molecule has 4 nitrogen and oxygen atoms in total. The summed E-state index contributed by atoms with van der Waals surface area (Å²) in [6, 6.07) is 19.5. The van der Waals surface area contributed by atoms with E-state index in [1.165, 1.54) is 12.1 Å². The zero-order valence-electron chi connectivity index (χ0n) is 16.5. The van der Waals surface area contributed by atoms with E-state index in [9.17, 15) is 9.65 Å². The summed E-state index contributed by atoms with van der Waals surface area (Å²) in [4.78, 5) is 0. The molecule has 0 aromatic heterocycles. The molecule has 0 fully saturated rings. The average molecular weight is 515 g/mol. The maximum absolute atomic E-state index is 13.4. The van der Waals surface area contributed by atoms with Gasteiger partial charge < -0.3 is 14.2 Å². The third kappa shape index (κ3) is 5.30. The van der Waals surface area contributed by atoms with Gasteiger partial charge in [0, 0.05) is 0 Å². The van der Waals surface area contributed by atoms with Gasteiger partial charge in [-0.3, -0.25) is 0 Å². The molecular formula is C24H19FINO3. The summed E-state index contributed by atoms with van der Waals surface area (Å²) < 4.78 is 30.8. The summed E-state index contributed by atoms with van der Waals surface area (Å²) in [5.41, 5.74) is 2.84. The molecule has 0 aliphatic carbocycles. The lowest BCUT2D eigenvalue weighted by atomic mass is 10.0. The number of hydrogen-bond donors (Lipinski definition) is 0. The Hall–Kier alpha value is -3.05. The van der Waals surface area contributed by atoms with Crippen LogP contribution in [0.4, 0.5) is 4.39 Å². The van der Waals surface area contributed by atoms with Crippen molar-refractivity contribution < 1.29 is 18.6 Å². The Bertz CT molecular complexity index is 1100. The molecule has 3 rings (SSSR count). The summed E-state index contributed by atoms with van der Waals surface area (Å²) in [6.07, 6.45) is 1.79. The summed E-state index contributed by atoms with van der Waals surface area (Å²) in [5.74, 6) is 1.53. The van der Waals surface area contributed by atoms with Gasteiger partial charge in [-0.1, -0.05) is 12.1 Å². The van der Waals surface area contributed by atoms with E-state index in [0.29, 0.717) is 17.1 Å². The van der Waals surface area contributed by atoms with Crippen molar-refractivity contribution in [3.8, 4) is 23.3 Å². The summed E-state index contributed by atoms with van der Waals surface area (Å²) in [5, 5.41) is 9.61. The van der Waals surface area contributed by atoms with Crippen LogP contribution in [0.2, 0.25) is 0 Å². The van der Waals surface area contributed by atoms with Gasteiger partial charge in [0.1, 0.15) is 18.2 Å². The second-order valence-electron chi connectivity index (χ2n) is 6.35. The highest BCUT2D eigenvalue weighted by Crippen LogP contribution is 2.35. The number of hydrogen-bond acceptors (Lipinski definition) is 4. The number of nitrogens with zero attached hydrogens (tertiary/aromatic N) is 1. The van der Waals surface area contributed by atoms with Crippen molar-refractivity contribution in [2.45, 2.75) is 6.61 Å². The molecule has 30 heavy (non-hydrogen) atoms. The molecule has 0 N–H and O–H groups in total. The van der Waals surface area contributed by atoms with Gasteiger partial charge in [0.2, 0.25) is 0 Å². The molecule has 0 aliphatic rings. The molecule has 152 valence electrons. The maximum Gasteiger partial charge on any atom is 0.174 e. The molecule has 0 heterocycles. The van der Waals surface area contributed by atoms with Gasteiger partial charge in [-0.15, -0.1) is 0 Å². The van der Waals surface area contributed by atoms with E-state index in [1.807, 2.05) is 36.4 Å². The number of nitriles is 1. The largest absolute Gasteiger partial charge is 0.497 e. The van der Waals surface area contributed by atoms with Crippen LogP contribution in [0.25, 0.3) is 11.6 Å². The molecular weight excluding hydrogens is 496 g/mol. The van der Waals surface area contributed by atoms with Crippen molar-refractivity contribution >= 4 is 34.2 Å². The van der Waals surface area contributed by atoms with E-state index < -0.39 is 0 Å². The van der Waals surface area contributed by atoms with Crippen LogP contribution in [-0.4, -0.2) is 14.2 Å². The molecule has 0 amide bonds. The number of benzene rings is 3. The Balaban J connectivity index is 1.88. The summed E-state index contributed by atoms with van der Waals surface area (Å²) >= 11 is 2.16. The second kappa shape index (κ2) is 10.1. The fourth-order valence-corrected chi connectivity index (χ4v) is 3.64. The fraction of sp³-hybridized carbons (Fsp3) is 0.125. The maximum atomic E-state index is 13.4. The van der Waals surface area contributed by atoms with Gasteiger partial charge in [0.15, 0.2) is 11.5 Å². The highest BCUT2D eigenvalue weighted by molar-refractivity contribution is 14.1. The lowest BCUT2D eigenvalue weighted by molar-refractivity contribution is 0.282. The summed E-state index contributed by atoms with van der Waals surface area (Å²) in [6.45, 7) is 0.217. The van der Waals surface area contributed by atoms with E-state index in [4.69, 9.17) is 14.2 Å². The smallest absolute Gasteiger partial charge is 0.174 e. The Morgan fingerprint density at radius 3 is 2.47 bits per heavy atom. The lowest BCUT2D eigenvalue weighted by Gasteiger charge is -2.14. The van der Waals surface area contributed by atoms with E-state index in [0.717, 1.165) is 26.0 Å². The first-order valence-corrected chi connectivity index (χ1v) is 10.1. The number of halogens is 2. The minimum atomic E-state index is -0.305. The van der Waals surface area contributed by atoms with Crippen molar-refractivity contribution in [1.82, 2.24) is 0 Å². The second-order valence-corrected chi connectivity index (χ2v) is 7.51. The highest BCUT2D eigenvalue weighted by atomic mass is 127. The van der Waals surface area contributed by atoms with Crippen LogP contribution in [0, 0.1) is 20.7 Å². The van der Waals surface area contributed by atoms with Crippen LogP contribution in [-0.2, 0) is 6.61 Å². The van der Waals surface area contributed by atoms with Crippen LogP contribution >= 0.6 is 22.6 Å². The molecule has 0 saturated heterocycles. The van der Waals surface area contributed by atoms with Crippen molar-refractivity contribution in [1.29, 1.82) is 5.26 Å². The molecule has 0 saturated carbocycles. The number of allylic oxidation sites excluding steroid dienone is 1. The first kappa shape index (κ1) is 21.7. The molecule has 0 spiro atoms. The quantitative estimate of drug-likeness (QED) is 0.217. The molecule has 0 aliphatic heterocycles. The van der Waals surface area contributed by atoms with Crippen molar-refractivity contribution in [2.75, 3.05) is 14.2 Å². The van der Waals surface area contributed by atoms with E-state index in [2.05, 4.69) is 28.7 Å². The van der Waals surface area contributed by atoms with Crippen LogP contribution in [0.15, 0.2) is 60.7 Å². The molecule has 0 atom stereocenters.